The van der Waals surface area contributed by atoms with Crippen molar-refractivity contribution in [2.75, 3.05) is 19.8 Å². The van der Waals surface area contributed by atoms with Crippen LogP contribution in [-0.2, 0) is 30.0 Å². The zero-order chi connectivity index (χ0) is 22.0. The molecule has 2 aliphatic rings. The summed E-state index contributed by atoms with van der Waals surface area (Å²) in [6, 6.07) is 6.69. The second-order valence-electron chi connectivity index (χ2n) is 6.93. The van der Waals surface area contributed by atoms with Gasteiger partial charge in [0.15, 0.2) is 11.0 Å². The zero-order valence-corrected chi connectivity index (χ0v) is 18.1. The number of rotatable bonds is 6. The normalized spacial score (nSPS) is 20.8. The molecule has 30 heavy (non-hydrogen) atoms. The molecule has 0 aliphatic carbocycles. The Kier molecular flexibility index (Phi) is 6.40. The van der Waals surface area contributed by atoms with E-state index in [1.54, 1.807) is 52.0 Å². The highest BCUT2D eigenvalue weighted by Gasteiger charge is 2.36. The molecule has 0 aromatic heterocycles. The van der Waals surface area contributed by atoms with E-state index in [9.17, 15) is 18.6 Å². The summed E-state index contributed by atoms with van der Waals surface area (Å²) in [4.78, 5) is 37.9. The lowest BCUT2D eigenvalue weighted by Crippen LogP contribution is -2.34. The van der Waals surface area contributed by atoms with E-state index >= 15 is 0 Å². The van der Waals surface area contributed by atoms with Gasteiger partial charge >= 0.3 is 11.9 Å². The van der Waals surface area contributed by atoms with Crippen molar-refractivity contribution in [1.82, 2.24) is 9.62 Å². The van der Waals surface area contributed by atoms with E-state index in [1.807, 2.05) is 0 Å². The molecule has 2 atom stereocenters. The zero-order valence-electron chi connectivity index (χ0n) is 17.3. The third-order valence-electron chi connectivity index (χ3n) is 5.02. The van der Waals surface area contributed by atoms with Crippen LogP contribution in [0, 0.1) is 5.92 Å². The number of hydrogen-bond acceptors (Lipinski definition) is 7. The van der Waals surface area contributed by atoms with E-state index in [1.165, 1.54) is 4.31 Å². The summed E-state index contributed by atoms with van der Waals surface area (Å²) < 4.78 is 24.1. The molecule has 1 aromatic carbocycles. The summed E-state index contributed by atoms with van der Waals surface area (Å²) in [7, 11) is -1.62. The van der Waals surface area contributed by atoms with Gasteiger partial charge in [0.25, 0.3) is 5.91 Å². The minimum Gasteiger partial charge on any atom is -0.463 e. The van der Waals surface area contributed by atoms with Crippen molar-refractivity contribution in [3.05, 3.63) is 52.4 Å². The van der Waals surface area contributed by atoms with Crippen LogP contribution >= 0.6 is 0 Å². The Morgan fingerprint density at radius 2 is 1.70 bits per heavy atom. The van der Waals surface area contributed by atoms with Gasteiger partial charge in [0.05, 0.1) is 34.8 Å². The molecule has 2 unspecified atom stereocenters. The summed E-state index contributed by atoms with van der Waals surface area (Å²) in [5.74, 6) is -1.95. The molecule has 1 amide bonds. The number of carbonyl (C=O) groups is 3. The average molecular weight is 432 g/mol. The van der Waals surface area contributed by atoms with Gasteiger partial charge in [-0.15, -0.1) is 0 Å². The first kappa shape index (κ1) is 21.8. The van der Waals surface area contributed by atoms with Crippen LogP contribution in [0.1, 0.15) is 38.1 Å². The highest BCUT2D eigenvalue weighted by Crippen LogP contribution is 2.31. The first-order chi connectivity index (χ1) is 14.3. The van der Waals surface area contributed by atoms with Gasteiger partial charge in [0.1, 0.15) is 6.61 Å². The third kappa shape index (κ3) is 3.89. The molecule has 9 heteroatoms. The van der Waals surface area contributed by atoms with Crippen LogP contribution in [-0.4, -0.2) is 46.1 Å². The maximum absolute atomic E-state index is 12.7. The number of dihydropyridines is 1. The van der Waals surface area contributed by atoms with Gasteiger partial charge in [-0.1, -0.05) is 19.1 Å². The first-order valence-corrected chi connectivity index (χ1v) is 10.7. The van der Waals surface area contributed by atoms with E-state index in [4.69, 9.17) is 9.47 Å². The minimum absolute atomic E-state index is 0.000395. The summed E-state index contributed by atoms with van der Waals surface area (Å²) in [6.45, 7) is 7.05. The maximum Gasteiger partial charge on any atom is 0.336 e. The number of benzene rings is 1. The van der Waals surface area contributed by atoms with E-state index < -0.39 is 28.8 Å². The highest BCUT2D eigenvalue weighted by atomic mass is 32.2. The Morgan fingerprint density at radius 3 is 2.30 bits per heavy atom. The topological polar surface area (TPSA) is 102 Å². The largest absolute Gasteiger partial charge is 0.463 e. The van der Waals surface area contributed by atoms with Gasteiger partial charge in [-0.2, -0.15) is 0 Å². The molecule has 0 saturated carbocycles. The second-order valence-corrected chi connectivity index (χ2v) is 8.31. The Balaban J connectivity index is 1.65. The van der Waals surface area contributed by atoms with E-state index in [0.29, 0.717) is 33.0 Å². The molecule has 2 heterocycles. The van der Waals surface area contributed by atoms with E-state index in [-0.39, 0.29) is 25.7 Å². The van der Waals surface area contributed by atoms with Crippen LogP contribution in [0.5, 0.6) is 0 Å². The van der Waals surface area contributed by atoms with Gasteiger partial charge in [-0.25, -0.2) is 18.1 Å². The predicted octanol–water partition coefficient (Wildman–Crippen LogP) is 2.06. The fourth-order valence-corrected chi connectivity index (χ4v) is 4.95. The fraction of sp³-hybridized carbons (Fsp3) is 0.381. The molecule has 0 saturated heterocycles. The Bertz CT molecular complexity index is 962. The monoisotopic (exact) mass is 432 g/mol. The van der Waals surface area contributed by atoms with Crippen molar-refractivity contribution in [3.63, 3.8) is 0 Å². The van der Waals surface area contributed by atoms with E-state index in [2.05, 4.69) is 5.32 Å². The van der Waals surface area contributed by atoms with Gasteiger partial charge < -0.3 is 14.8 Å². The molecular weight excluding hydrogens is 408 g/mol. The van der Waals surface area contributed by atoms with Crippen molar-refractivity contribution in [2.24, 2.45) is 5.92 Å². The molecule has 160 valence electrons. The Hall–Kier alpha value is -2.94. The molecule has 1 aromatic rings. The number of allylic oxidation sites excluding steroid dienone is 2. The lowest BCUT2D eigenvalue weighted by Gasteiger charge is -2.27. The molecule has 8 nitrogen and oxygen atoms in total. The summed E-state index contributed by atoms with van der Waals surface area (Å²) in [5.41, 5.74) is 2.31. The molecule has 1 N–H and O–H groups in total. The number of esters is 2. The molecule has 0 fully saturated rings. The van der Waals surface area contributed by atoms with Crippen LogP contribution in [0.25, 0.3) is 0 Å². The Labute approximate surface area is 177 Å². The van der Waals surface area contributed by atoms with Crippen molar-refractivity contribution < 1.29 is 28.1 Å². The van der Waals surface area contributed by atoms with Crippen LogP contribution in [0.3, 0.4) is 0 Å². The number of nitrogens with zero attached hydrogens (tertiary/aromatic N) is 1. The SMILES string of the molecule is CCOC(=O)C1=C(C)NC(C)=C(C(=O)OCCN2C(=O)c3ccccc3S2=O)C1C. The number of carbonyl (C=O) groups excluding carboxylic acids is 3. The summed E-state index contributed by atoms with van der Waals surface area (Å²) in [6.07, 6.45) is 0. The predicted molar refractivity (Wildman–Crippen MR) is 109 cm³/mol. The quantitative estimate of drug-likeness (QED) is 0.687. The van der Waals surface area contributed by atoms with Crippen LogP contribution in [0.2, 0.25) is 0 Å². The van der Waals surface area contributed by atoms with Crippen LogP contribution in [0.4, 0.5) is 0 Å². The minimum atomic E-state index is -1.62. The second kappa shape index (κ2) is 8.83. The van der Waals surface area contributed by atoms with Crippen molar-refractivity contribution in [2.45, 2.75) is 32.6 Å². The molecule has 0 spiro atoms. The maximum atomic E-state index is 12.7. The highest BCUT2D eigenvalue weighted by molar-refractivity contribution is 7.84. The molecule has 0 radical (unpaired) electrons. The smallest absolute Gasteiger partial charge is 0.336 e. The van der Waals surface area contributed by atoms with Gasteiger partial charge in [-0.05, 0) is 32.9 Å². The molecule has 2 aliphatic heterocycles. The van der Waals surface area contributed by atoms with E-state index in [0.717, 1.165) is 0 Å². The van der Waals surface area contributed by atoms with Crippen molar-refractivity contribution in [1.29, 1.82) is 0 Å². The first-order valence-electron chi connectivity index (χ1n) is 9.63. The number of amides is 1. The average Bonchev–Trinajstić information content (AvgIpc) is 2.93. The van der Waals surface area contributed by atoms with Gasteiger partial charge in [-0.3, -0.25) is 4.79 Å². The molecule has 3 rings (SSSR count). The lowest BCUT2D eigenvalue weighted by atomic mass is 9.87. The van der Waals surface area contributed by atoms with Gasteiger partial charge in [0.2, 0.25) is 0 Å². The number of ether oxygens (including phenoxy) is 2. The molecular formula is C21H24N2O6S. The number of nitrogens with one attached hydrogen (secondary N) is 1. The van der Waals surface area contributed by atoms with Gasteiger partial charge in [0, 0.05) is 17.3 Å². The number of hydrogen-bond donors (Lipinski definition) is 1. The van der Waals surface area contributed by atoms with Crippen molar-refractivity contribution >= 4 is 28.8 Å². The fourth-order valence-electron chi connectivity index (χ4n) is 3.69. The Morgan fingerprint density at radius 1 is 1.10 bits per heavy atom. The van der Waals surface area contributed by atoms with Crippen LogP contribution < -0.4 is 5.32 Å². The molecule has 0 bridgehead atoms. The summed E-state index contributed by atoms with van der Waals surface area (Å²) in [5, 5.41) is 3.03. The van der Waals surface area contributed by atoms with Crippen molar-refractivity contribution in [3.8, 4) is 0 Å². The number of fused-ring (bicyclic) bond motifs is 1. The van der Waals surface area contributed by atoms with Crippen LogP contribution in [0.15, 0.2) is 51.7 Å². The third-order valence-corrected chi connectivity index (χ3v) is 6.51. The standard InChI is InChI=1S/C21H24N2O6S/c1-5-28-20(25)17-12(2)18(14(4)22-13(17)3)21(26)29-11-10-23-19(24)15-8-6-7-9-16(15)30(23)27/h6-9,12,22H,5,10-11H2,1-4H3. The summed E-state index contributed by atoms with van der Waals surface area (Å²) >= 11 is 0. The lowest BCUT2D eigenvalue weighted by molar-refractivity contribution is -0.140.